The summed E-state index contributed by atoms with van der Waals surface area (Å²) in [7, 11) is 0. The number of amides is 1. The molecule has 0 radical (unpaired) electrons. The highest BCUT2D eigenvalue weighted by atomic mass is 35.5. The van der Waals surface area contributed by atoms with Crippen LogP contribution in [0.4, 0.5) is 5.69 Å². The van der Waals surface area contributed by atoms with Crippen molar-refractivity contribution in [1.82, 2.24) is 5.32 Å². The minimum Gasteiger partial charge on any atom is -0.506 e. The van der Waals surface area contributed by atoms with Gasteiger partial charge in [0, 0.05) is 18.8 Å². The van der Waals surface area contributed by atoms with Crippen molar-refractivity contribution in [1.29, 1.82) is 0 Å². The number of anilines is 1. The first-order valence-corrected chi connectivity index (χ1v) is 6.13. The van der Waals surface area contributed by atoms with E-state index in [1.54, 1.807) is 6.07 Å². The Labute approximate surface area is 110 Å². The predicted octanol–water partition coefficient (Wildman–Crippen LogP) is 1.36. The van der Waals surface area contributed by atoms with Gasteiger partial charge in [0.15, 0.2) is 0 Å². The lowest BCUT2D eigenvalue weighted by molar-refractivity contribution is -0.119. The van der Waals surface area contributed by atoms with E-state index >= 15 is 0 Å². The number of halogens is 1. The molecule has 1 fully saturated rings. The standard InChI is InChI=1S/C12H15ClN2O3/c13-10-5-8(1-2-11(10)16)15-12(17)6-9-7-14-3-4-18-9/h1-2,5,9,14,16H,3-4,6-7H2,(H,15,17). The van der Waals surface area contributed by atoms with E-state index in [1.165, 1.54) is 12.1 Å². The van der Waals surface area contributed by atoms with Crippen LogP contribution in [0.1, 0.15) is 6.42 Å². The van der Waals surface area contributed by atoms with Gasteiger partial charge in [-0.15, -0.1) is 0 Å². The summed E-state index contributed by atoms with van der Waals surface area (Å²) in [5.41, 5.74) is 0.562. The van der Waals surface area contributed by atoms with Crippen molar-refractivity contribution in [2.45, 2.75) is 12.5 Å². The predicted molar refractivity (Wildman–Crippen MR) is 69.0 cm³/mol. The minimum atomic E-state index is -0.134. The second-order valence-corrected chi connectivity index (χ2v) is 4.52. The molecule has 1 unspecified atom stereocenters. The van der Waals surface area contributed by atoms with Crippen LogP contribution in [-0.2, 0) is 9.53 Å². The fourth-order valence-corrected chi connectivity index (χ4v) is 1.93. The Hall–Kier alpha value is -1.30. The molecule has 1 aromatic carbocycles. The summed E-state index contributed by atoms with van der Waals surface area (Å²) in [6.45, 7) is 2.14. The average molecular weight is 271 g/mol. The van der Waals surface area contributed by atoms with Crippen LogP contribution in [0.3, 0.4) is 0 Å². The molecule has 1 amide bonds. The largest absolute Gasteiger partial charge is 0.506 e. The smallest absolute Gasteiger partial charge is 0.227 e. The van der Waals surface area contributed by atoms with Crippen LogP contribution in [0, 0.1) is 0 Å². The fraction of sp³-hybridized carbons (Fsp3) is 0.417. The number of benzene rings is 1. The van der Waals surface area contributed by atoms with Crippen molar-refractivity contribution in [2.75, 3.05) is 25.0 Å². The maximum atomic E-state index is 11.8. The molecule has 0 saturated carbocycles. The lowest BCUT2D eigenvalue weighted by Gasteiger charge is -2.23. The van der Waals surface area contributed by atoms with Crippen LogP contribution in [0.5, 0.6) is 5.75 Å². The number of phenolic OH excluding ortho intramolecular Hbond substituents is 1. The second-order valence-electron chi connectivity index (χ2n) is 4.12. The van der Waals surface area contributed by atoms with Gasteiger partial charge in [-0.3, -0.25) is 4.79 Å². The number of morpholine rings is 1. The Kier molecular flexibility index (Phi) is 4.41. The van der Waals surface area contributed by atoms with Crippen LogP contribution < -0.4 is 10.6 Å². The number of carbonyl (C=O) groups excluding carboxylic acids is 1. The molecule has 0 bridgehead atoms. The van der Waals surface area contributed by atoms with E-state index in [0.29, 0.717) is 25.3 Å². The topological polar surface area (TPSA) is 70.6 Å². The lowest BCUT2D eigenvalue weighted by atomic mass is 10.2. The fourth-order valence-electron chi connectivity index (χ4n) is 1.75. The SMILES string of the molecule is O=C(CC1CNCCO1)Nc1ccc(O)c(Cl)c1. The maximum absolute atomic E-state index is 11.8. The molecule has 5 nitrogen and oxygen atoms in total. The van der Waals surface area contributed by atoms with Crippen molar-refractivity contribution in [3.63, 3.8) is 0 Å². The number of hydrogen-bond acceptors (Lipinski definition) is 4. The Bertz CT molecular complexity index is 433. The molecule has 6 heteroatoms. The number of aromatic hydroxyl groups is 1. The molecule has 0 aromatic heterocycles. The van der Waals surface area contributed by atoms with Gasteiger partial charge in [0.1, 0.15) is 5.75 Å². The molecule has 98 valence electrons. The molecule has 1 aliphatic rings. The molecule has 1 heterocycles. The maximum Gasteiger partial charge on any atom is 0.227 e. The third kappa shape index (κ3) is 3.60. The van der Waals surface area contributed by atoms with Crippen LogP contribution in [0.15, 0.2) is 18.2 Å². The second kappa shape index (κ2) is 6.04. The molecule has 1 aliphatic heterocycles. The quantitative estimate of drug-likeness (QED) is 0.726. The van der Waals surface area contributed by atoms with Gasteiger partial charge in [-0.25, -0.2) is 0 Å². The van der Waals surface area contributed by atoms with E-state index < -0.39 is 0 Å². The molecule has 1 aromatic rings. The molecule has 18 heavy (non-hydrogen) atoms. The van der Waals surface area contributed by atoms with Crippen LogP contribution >= 0.6 is 11.6 Å². The first-order valence-electron chi connectivity index (χ1n) is 5.76. The molecule has 1 atom stereocenters. The van der Waals surface area contributed by atoms with Gasteiger partial charge in [-0.1, -0.05) is 11.6 Å². The van der Waals surface area contributed by atoms with Crippen molar-refractivity contribution >= 4 is 23.2 Å². The summed E-state index contributed by atoms with van der Waals surface area (Å²) in [5.74, 6) is -0.139. The van der Waals surface area contributed by atoms with Gasteiger partial charge >= 0.3 is 0 Å². The summed E-state index contributed by atoms with van der Waals surface area (Å²) in [6.07, 6.45) is 0.206. The van der Waals surface area contributed by atoms with Gasteiger partial charge in [-0.05, 0) is 18.2 Å². The van der Waals surface area contributed by atoms with Crippen molar-refractivity contribution < 1.29 is 14.6 Å². The van der Waals surface area contributed by atoms with Gasteiger partial charge in [0.05, 0.1) is 24.2 Å². The zero-order chi connectivity index (χ0) is 13.0. The highest BCUT2D eigenvalue weighted by Crippen LogP contribution is 2.26. The molecule has 1 saturated heterocycles. The zero-order valence-corrected chi connectivity index (χ0v) is 10.5. The molecule has 3 N–H and O–H groups in total. The van der Waals surface area contributed by atoms with E-state index in [0.717, 1.165) is 6.54 Å². The van der Waals surface area contributed by atoms with E-state index in [9.17, 15) is 9.90 Å². The summed E-state index contributed by atoms with van der Waals surface area (Å²) < 4.78 is 5.44. The number of carbonyl (C=O) groups is 1. The summed E-state index contributed by atoms with van der Waals surface area (Å²) in [6, 6.07) is 4.55. The highest BCUT2D eigenvalue weighted by Gasteiger charge is 2.17. The van der Waals surface area contributed by atoms with E-state index in [1.807, 2.05) is 0 Å². The van der Waals surface area contributed by atoms with Crippen molar-refractivity contribution in [3.05, 3.63) is 23.2 Å². The average Bonchev–Trinajstić information content (AvgIpc) is 2.35. The molecule has 2 rings (SSSR count). The summed E-state index contributed by atoms with van der Waals surface area (Å²) in [5, 5.41) is 15.4. The summed E-state index contributed by atoms with van der Waals surface area (Å²) >= 11 is 5.75. The van der Waals surface area contributed by atoms with Gasteiger partial charge in [0.25, 0.3) is 0 Å². The monoisotopic (exact) mass is 270 g/mol. The Morgan fingerprint density at radius 2 is 2.44 bits per heavy atom. The van der Waals surface area contributed by atoms with Crippen molar-refractivity contribution in [2.24, 2.45) is 0 Å². The number of rotatable bonds is 3. The van der Waals surface area contributed by atoms with Crippen LogP contribution in [0.25, 0.3) is 0 Å². The normalized spacial score (nSPS) is 19.5. The molecular weight excluding hydrogens is 256 g/mol. The van der Waals surface area contributed by atoms with Crippen LogP contribution in [0.2, 0.25) is 5.02 Å². The lowest BCUT2D eigenvalue weighted by Crippen LogP contribution is -2.40. The Morgan fingerprint density at radius 3 is 3.11 bits per heavy atom. The third-order valence-electron chi connectivity index (χ3n) is 2.65. The van der Waals surface area contributed by atoms with E-state index in [2.05, 4.69) is 10.6 Å². The Balaban J connectivity index is 1.88. The first-order chi connectivity index (χ1) is 8.65. The number of nitrogens with one attached hydrogen (secondary N) is 2. The molecule has 0 spiro atoms. The van der Waals surface area contributed by atoms with Gasteiger partial charge < -0.3 is 20.5 Å². The first kappa shape index (κ1) is 13.1. The van der Waals surface area contributed by atoms with Crippen LogP contribution in [-0.4, -0.2) is 36.8 Å². The zero-order valence-electron chi connectivity index (χ0n) is 9.78. The minimum absolute atomic E-state index is 0.00511. The van der Waals surface area contributed by atoms with Crippen molar-refractivity contribution in [3.8, 4) is 5.75 Å². The number of ether oxygens (including phenoxy) is 1. The number of hydrogen-bond donors (Lipinski definition) is 3. The molecular formula is C12H15ClN2O3. The van der Waals surface area contributed by atoms with E-state index in [4.69, 9.17) is 16.3 Å². The Morgan fingerprint density at radius 1 is 1.61 bits per heavy atom. The van der Waals surface area contributed by atoms with Gasteiger partial charge in [0.2, 0.25) is 5.91 Å². The van der Waals surface area contributed by atoms with Gasteiger partial charge in [-0.2, -0.15) is 0 Å². The molecule has 0 aliphatic carbocycles. The van der Waals surface area contributed by atoms with E-state index in [-0.39, 0.29) is 22.8 Å². The summed E-state index contributed by atoms with van der Waals surface area (Å²) in [4.78, 5) is 11.8. The third-order valence-corrected chi connectivity index (χ3v) is 2.95. The highest BCUT2D eigenvalue weighted by molar-refractivity contribution is 6.32. The number of phenols is 1.